The topological polar surface area (TPSA) is 58.0 Å². The van der Waals surface area contributed by atoms with Crippen molar-refractivity contribution >= 4 is 5.69 Å². The number of aromatic nitrogens is 2. The highest BCUT2D eigenvalue weighted by Crippen LogP contribution is 2.28. The summed E-state index contributed by atoms with van der Waals surface area (Å²) >= 11 is 0. The van der Waals surface area contributed by atoms with E-state index < -0.39 is 0 Å². The Morgan fingerprint density at radius 3 is 2.62 bits per heavy atom. The second-order valence-electron chi connectivity index (χ2n) is 3.82. The first-order valence-corrected chi connectivity index (χ1v) is 4.02. The second-order valence-corrected chi connectivity index (χ2v) is 3.82. The molecular formula is C8H14N3O2+. The summed E-state index contributed by atoms with van der Waals surface area (Å²) in [6.07, 6.45) is 1.46. The predicted molar refractivity (Wildman–Crippen MR) is 47.6 cm³/mol. The summed E-state index contributed by atoms with van der Waals surface area (Å²) in [5.41, 5.74) is 1.05. The Morgan fingerprint density at radius 2 is 2.15 bits per heavy atom. The lowest BCUT2D eigenvalue weighted by molar-refractivity contribution is -0.737. The van der Waals surface area contributed by atoms with Crippen molar-refractivity contribution in [1.82, 2.24) is 10.2 Å². The van der Waals surface area contributed by atoms with Crippen molar-refractivity contribution in [3.8, 4) is 0 Å². The zero-order chi connectivity index (χ0) is 10.1. The van der Waals surface area contributed by atoms with Gasteiger partial charge in [0.15, 0.2) is 7.11 Å². The van der Waals surface area contributed by atoms with Crippen LogP contribution in [0.5, 0.6) is 0 Å². The van der Waals surface area contributed by atoms with E-state index in [0.717, 1.165) is 5.69 Å². The molecule has 0 amide bonds. The van der Waals surface area contributed by atoms with Crippen LogP contribution in [0.3, 0.4) is 0 Å². The average molecular weight is 184 g/mol. The summed E-state index contributed by atoms with van der Waals surface area (Å²) in [5, 5.41) is 6.60. The SMILES string of the molecule is CO[N+](=O)c1cn[nH]c1C(C)(C)C. The van der Waals surface area contributed by atoms with Gasteiger partial charge in [0.25, 0.3) is 4.92 Å². The molecule has 72 valence electrons. The summed E-state index contributed by atoms with van der Waals surface area (Å²) < 4.78 is 0. The lowest BCUT2D eigenvalue weighted by Crippen LogP contribution is -2.14. The molecule has 1 heterocycles. The van der Waals surface area contributed by atoms with Crippen molar-refractivity contribution in [3.63, 3.8) is 0 Å². The Morgan fingerprint density at radius 1 is 1.54 bits per heavy atom. The third kappa shape index (κ3) is 1.85. The van der Waals surface area contributed by atoms with Gasteiger partial charge in [-0.05, 0) is 0 Å². The van der Waals surface area contributed by atoms with Crippen molar-refractivity contribution in [1.29, 1.82) is 0 Å². The van der Waals surface area contributed by atoms with Crippen molar-refractivity contribution in [3.05, 3.63) is 16.8 Å². The first kappa shape index (κ1) is 9.70. The molecule has 0 radical (unpaired) electrons. The largest absolute Gasteiger partial charge is 0.357 e. The zero-order valence-corrected chi connectivity index (χ0v) is 8.29. The Bertz CT molecular complexity index is 311. The number of hydrogen-bond donors (Lipinski definition) is 1. The van der Waals surface area contributed by atoms with Gasteiger partial charge in [-0.3, -0.25) is 5.10 Å². The lowest BCUT2D eigenvalue weighted by Gasteiger charge is -2.13. The van der Waals surface area contributed by atoms with Crippen LogP contribution in [0.1, 0.15) is 26.5 Å². The van der Waals surface area contributed by atoms with Crippen molar-refractivity contribution in [2.45, 2.75) is 26.2 Å². The van der Waals surface area contributed by atoms with E-state index >= 15 is 0 Å². The highest BCUT2D eigenvalue weighted by Gasteiger charge is 2.30. The van der Waals surface area contributed by atoms with E-state index in [0.29, 0.717) is 10.6 Å². The van der Waals surface area contributed by atoms with Gasteiger partial charge < -0.3 is 0 Å². The van der Waals surface area contributed by atoms with Crippen LogP contribution in [0, 0.1) is 4.91 Å². The minimum Gasteiger partial charge on any atom is -0.275 e. The second kappa shape index (κ2) is 3.16. The number of nitrogens with zero attached hydrogens (tertiary/aromatic N) is 2. The summed E-state index contributed by atoms with van der Waals surface area (Å²) in [7, 11) is 1.33. The van der Waals surface area contributed by atoms with Gasteiger partial charge in [-0.2, -0.15) is 5.10 Å². The van der Waals surface area contributed by atoms with Crippen LogP contribution in [-0.2, 0) is 10.3 Å². The molecule has 0 bridgehead atoms. The van der Waals surface area contributed by atoms with Crippen molar-refractivity contribution in [2.75, 3.05) is 7.11 Å². The molecular weight excluding hydrogens is 170 g/mol. The van der Waals surface area contributed by atoms with E-state index in [2.05, 4.69) is 15.0 Å². The molecule has 0 fully saturated rings. The van der Waals surface area contributed by atoms with Crippen LogP contribution in [0.2, 0.25) is 0 Å². The van der Waals surface area contributed by atoms with E-state index in [9.17, 15) is 4.91 Å². The molecule has 1 aromatic heterocycles. The zero-order valence-electron chi connectivity index (χ0n) is 8.29. The quantitative estimate of drug-likeness (QED) is 0.711. The molecule has 0 aliphatic carbocycles. The molecule has 1 aromatic rings. The van der Waals surface area contributed by atoms with Crippen molar-refractivity contribution in [2.24, 2.45) is 0 Å². The number of nitrogens with one attached hydrogen (secondary N) is 1. The maximum Gasteiger partial charge on any atom is 0.357 e. The minimum absolute atomic E-state index is 0.146. The third-order valence-electron chi connectivity index (χ3n) is 1.73. The fourth-order valence-electron chi connectivity index (χ4n) is 1.07. The van der Waals surface area contributed by atoms with Crippen LogP contribution in [-0.4, -0.2) is 22.2 Å². The molecule has 0 spiro atoms. The molecule has 0 aliphatic heterocycles. The van der Waals surface area contributed by atoms with Gasteiger partial charge in [-0.25, -0.2) is 4.84 Å². The van der Waals surface area contributed by atoms with Gasteiger partial charge in [0.1, 0.15) is 11.9 Å². The Kier molecular flexibility index (Phi) is 2.36. The maximum absolute atomic E-state index is 11.2. The van der Waals surface area contributed by atoms with E-state index in [-0.39, 0.29) is 5.41 Å². The molecule has 0 atom stereocenters. The molecule has 5 heteroatoms. The molecule has 1 N–H and O–H groups in total. The highest BCUT2D eigenvalue weighted by atomic mass is 16.8. The smallest absolute Gasteiger partial charge is 0.275 e. The maximum atomic E-state index is 11.2. The number of rotatable bonds is 2. The van der Waals surface area contributed by atoms with Gasteiger partial charge in [-0.15, -0.1) is 0 Å². The molecule has 0 aromatic carbocycles. The number of aromatic amines is 1. The van der Waals surface area contributed by atoms with Crippen LogP contribution >= 0.6 is 0 Å². The summed E-state index contributed by atoms with van der Waals surface area (Å²) in [5.74, 6) is 0. The molecule has 0 aliphatic rings. The Hall–Kier alpha value is -1.39. The van der Waals surface area contributed by atoms with Gasteiger partial charge in [0.05, 0.1) is 4.91 Å². The fourth-order valence-corrected chi connectivity index (χ4v) is 1.07. The Labute approximate surface area is 76.6 Å². The van der Waals surface area contributed by atoms with Crippen LogP contribution in [0.25, 0.3) is 0 Å². The minimum atomic E-state index is -0.146. The molecule has 1 rings (SSSR count). The van der Waals surface area contributed by atoms with Crippen molar-refractivity contribution < 1.29 is 9.76 Å². The molecule has 0 unspecified atom stereocenters. The number of hydrogen-bond acceptors (Lipinski definition) is 3. The summed E-state index contributed by atoms with van der Waals surface area (Å²) in [6, 6.07) is 0. The monoisotopic (exact) mass is 184 g/mol. The third-order valence-corrected chi connectivity index (χ3v) is 1.73. The van der Waals surface area contributed by atoms with Gasteiger partial charge >= 0.3 is 5.69 Å². The van der Waals surface area contributed by atoms with E-state index in [1.54, 1.807) is 0 Å². The lowest BCUT2D eigenvalue weighted by atomic mass is 9.91. The average Bonchev–Trinajstić information content (AvgIpc) is 2.49. The predicted octanol–water partition coefficient (Wildman–Crippen LogP) is 1.68. The normalized spacial score (nSPS) is 11.4. The molecule has 0 saturated carbocycles. The van der Waals surface area contributed by atoms with Crippen LogP contribution in [0.4, 0.5) is 5.69 Å². The van der Waals surface area contributed by atoms with E-state index in [1.807, 2.05) is 20.8 Å². The van der Waals surface area contributed by atoms with E-state index in [4.69, 9.17) is 0 Å². The molecule has 13 heavy (non-hydrogen) atoms. The molecule has 5 nitrogen and oxygen atoms in total. The van der Waals surface area contributed by atoms with Gasteiger partial charge in [0, 0.05) is 5.41 Å². The number of H-pyrrole nitrogens is 1. The summed E-state index contributed by atoms with van der Waals surface area (Å²) in [4.78, 5) is 16.2. The van der Waals surface area contributed by atoms with E-state index in [1.165, 1.54) is 13.3 Å². The molecule has 0 saturated heterocycles. The highest BCUT2D eigenvalue weighted by molar-refractivity contribution is 5.35. The fraction of sp³-hybridized carbons (Fsp3) is 0.625. The van der Waals surface area contributed by atoms with Crippen LogP contribution < -0.4 is 0 Å². The first-order chi connectivity index (χ1) is 5.96. The standard InChI is InChI=1S/C8H14N3O2/c1-8(2,3)7-6(5-9-10-7)11(12)13-4/h5H,1-4H3,(H,9,10)/q+1. The van der Waals surface area contributed by atoms with Gasteiger partial charge in [-0.1, -0.05) is 20.8 Å². The summed E-state index contributed by atoms with van der Waals surface area (Å²) in [6.45, 7) is 5.98. The first-order valence-electron chi connectivity index (χ1n) is 4.02. The Balaban J connectivity index is 3.10. The van der Waals surface area contributed by atoms with Crippen LogP contribution in [0.15, 0.2) is 6.20 Å². The van der Waals surface area contributed by atoms with Gasteiger partial charge in [0.2, 0.25) is 0 Å².